The topological polar surface area (TPSA) is 51.2 Å². The number of anilines is 1. The van der Waals surface area contributed by atoms with Crippen molar-refractivity contribution in [3.8, 4) is 11.5 Å². The maximum atomic E-state index is 12.9. The van der Waals surface area contributed by atoms with Crippen LogP contribution < -0.4 is 14.4 Å². The highest BCUT2D eigenvalue weighted by molar-refractivity contribution is 5.83. The third kappa shape index (κ3) is 7.02. The van der Waals surface area contributed by atoms with Gasteiger partial charge in [0, 0.05) is 25.3 Å². The highest BCUT2D eigenvalue weighted by Gasteiger charge is 2.32. The summed E-state index contributed by atoms with van der Waals surface area (Å²) in [6.07, 6.45) is -0.289. The van der Waals surface area contributed by atoms with E-state index >= 15 is 0 Å². The van der Waals surface area contributed by atoms with E-state index in [2.05, 4.69) is 53.4 Å². The van der Waals surface area contributed by atoms with Crippen LogP contribution in [0.1, 0.15) is 26.3 Å². The van der Waals surface area contributed by atoms with Crippen LogP contribution in [0.2, 0.25) is 0 Å². The third-order valence-electron chi connectivity index (χ3n) is 6.71. The van der Waals surface area contributed by atoms with Gasteiger partial charge in [-0.25, -0.2) is 4.79 Å². The summed E-state index contributed by atoms with van der Waals surface area (Å²) < 4.78 is 18.0. The van der Waals surface area contributed by atoms with Gasteiger partial charge in [0.25, 0.3) is 0 Å². The van der Waals surface area contributed by atoms with Crippen LogP contribution in [0, 0.1) is 0 Å². The quantitative estimate of drug-likeness (QED) is 0.263. The highest BCUT2D eigenvalue weighted by atomic mass is 16.6. The van der Waals surface area contributed by atoms with E-state index in [1.807, 2.05) is 69.3 Å². The molecule has 4 aromatic carbocycles. The Kier molecular flexibility index (Phi) is 7.92. The van der Waals surface area contributed by atoms with E-state index in [9.17, 15) is 4.79 Å². The van der Waals surface area contributed by atoms with Crippen molar-refractivity contribution in [2.45, 2.75) is 39.0 Å². The predicted octanol–water partition coefficient (Wildman–Crippen LogP) is 6.92. The summed E-state index contributed by atoms with van der Waals surface area (Å²) in [6, 6.07) is 32.6. The number of fused-ring (bicyclic) bond motifs is 1. The largest absolute Gasteiger partial charge is 0.491 e. The summed E-state index contributed by atoms with van der Waals surface area (Å²) in [6.45, 7) is 8.40. The molecule has 5 rings (SSSR count). The van der Waals surface area contributed by atoms with Crippen LogP contribution in [0.5, 0.6) is 11.5 Å². The standard InChI is InChI=1S/C33H36N2O4/c1-33(2,3)39-32(36)34-19-20-35(28-14-17-30(18-15-28)37-23-25-9-5-4-6-10-25)29(22-34)24-38-31-16-13-26-11-7-8-12-27(26)21-31/h4-18,21,29H,19-20,22-24H2,1-3H3/t29-/m1/s1. The zero-order valence-corrected chi connectivity index (χ0v) is 22.9. The van der Waals surface area contributed by atoms with Gasteiger partial charge in [-0.2, -0.15) is 0 Å². The van der Waals surface area contributed by atoms with Crippen LogP contribution in [0.15, 0.2) is 97.1 Å². The lowest BCUT2D eigenvalue weighted by atomic mass is 10.1. The summed E-state index contributed by atoms with van der Waals surface area (Å²) in [7, 11) is 0. The number of hydrogen-bond donors (Lipinski definition) is 0. The first-order valence-corrected chi connectivity index (χ1v) is 13.5. The van der Waals surface area contributed by atoms with E-state index in [4.69, 9.17) is 14.2 Å². The van der Waals surface area contributed by atoms with E-state index in [-0.39, 0.29) is 12.1 Å². The number of ether oxygens (including phenoxy) is 3. The lowest BCUT2D eigenvalue weighted by molar-refractivity contribution is 0.0201. The average molecular weight is 525 g/mol. The van der Waals surface area contributed by atoms with Crippen LogP contribution in [0.3, 0.4) is 0 Å². The van der Waals surface area contributed by atoms with Gasteiger partial charge in [0.1, 0.15) is 30.3 Å². The molecule has 0 saturated carbocycles. The van der Waals surface area contributed by atoms with Crippen LogP contribution in [-0.4, -0.2) is 48.9 Å². The van der Waals surface area contributed by atoms with Crippen LogP contribution in [0.25, 0.3) is 10.8 Å². The summed E-state index contributed by atoms with van der Waals surface area (Å²) in [5.41, 5.74) is 1.66. The molecule has 1 aliphatic rings. The van der Waals surface area contributed by atoms with Gasteiger partial charge in [0.15, 0.2) is 0 Å². The second-order valence-corrected chi connectivity index (χ2v) is 10.9. The molecule has 6 nitrogen and oxygen atoms in total. The lowest BCUT2D eigenvalue weighted by Crippen LogP contribution is -2.57. The zero-order valence-electron chi connectivity index (χ0n) is 22.9. The minimum absolute atomic E-state index is 0.0474. The first-order chi connectivity index (χ1) is 18.8. The van der Waals surface area contributed by atoms with Crippen molar-refractivity contribution in [2.75, 3.05) is 31.1 Å². The van der Waals surface area contributed by atoms with Gasteiger partial charge in [0.05, 0.1) is 6.04 Å². The van der Waals surface area contributed by atoms with E-state index in [0.29, 0.717) is 32.8 Å². The molecule has 1 fully saturated rings. The normalized spacial score (nSPS) is 15.7. The predicted molar refractivity (Wildman–Crippen MR) is 156 cm³/mol. The van der Waals surface area contributed by atoms with Gasteiger partial charge in [0.2, 0.25) is 0 Å². The number of nitrogens with zero attached hydrogens (tertiary/aromatic N) is 2. The van der Waals surface area contributed by atoms with E-state index in [0.717, 1.165) is 28.1 Å². The minimum atomic E-state index is -0.541. The summed E-state index contributed by atoms with van der Waals surface area (Å²) in [4.78, 5) is 17.0. The van der Waals surface area contributed by atoms with Crippen molar-refractivity contribution in [1.29, 1.82) is 0 Å². The maximum Gasteiger partial charge on any atom is 0.410 e. The smallest absolute Gasteiger partial charge is 0.410 e. The maximum absolute atomic E-state index is 12.9. The molecule has 0 aromatic heterocycles. The number of carbonyl (C=O) groups is 1. The van der Waals surface area contributed by atoms with Crippen LogP contribution in [0.4, 0.5) is 10.5 Å². The molecule has 39 heavy (non-hydrogen) atoms. The van der Waals surface area contributed by atoms with Crippen molar-refractivity contribution in [3.63, 3.8) is 0 Å². The molecule has 1 heterocycles. The second kappa shape index (κ2) is 11.7. The number of carbonyl (C=O) groups excluding carboxylic acids is 1. The first-order valence-electron chi connectivity index (χ1n) is 13.5. The summed E-state index contributed by atoms with van der Waals surface area (Å²) >= 11 is 0. The molecule has 1 aliphatic heterocycles. The Morgan fingerprint density at radius 3 is 2.23 bits per heavy atom. The van der Waals surface area contributed by atoms with Crippen molar-refractivity contribution in [2.24, 2.45) is 0 Å². The Morgan fingerprint density at radius 2 is 1.49 bits per heavy atom. The molecule has 0 bridgehead atoms. The Hall–Kier alpha value is -4.19. The Bertz CT molecular complexity index is 1380. The lowest BCUT2D eigenvalue weighted by Gasteiger charge is -2.42. The van der Waals surface area contributed by atoms with Crippen molar-refractivity contribution >= 4 is 22.6 Å². The summed E-state index contributed by atoms with van der Waals surface area (Å²) in [5, 5.41) is 2.31. The highest BCUT2D eigenvalue weighted by Crippen LogP contribution is 2.27. The number of hydrogen-bond acceptors (Lipinski definition) is 5. The van der Waals surface area contributed by atoms with Crippen LogP contribution in [-0.2, 0) is 11.3 Å². The van der Waals surface area contributed by atoms with Crippen molar-refractivity contribution in [1.82, 2.24) is 4.90 Å². The van der Waals surface area contributed by atoms with Gasteiger partial charge in [-0.15, -0.1) is 0 Å². The third-order valence-corrected chi connectivity index (χ3v) is 6.71. The van der Waals surface area contributed by atoms with Gasteiger partial charge in [-0.3, -0.25) is 0 Å². The van der Waals surface area contributed by atoms with Crippen molar-refractivity contribution in [3.05, 3.63) is 103 Å². The number of piperazine rings is 1. The molecule has 1 saturated heterocycles. The Labute approximate surface area is 230 Å². The molecule has 0 N–H and O–H groups in total. The molecule has 0 unspecified atom stereocenters. The number of rotatable bonds is 7. The minimum Gasteiger partial charge on any atom is -0.491 e. The number of benzene rings is 4. The fourth-order valence-electron chi connectivity index (χ4n) is 4.75. The van der Waals surface area contributed by atoms with Gasteiger partial charge in [-0.1, -0.05) is 60.7 Å². The zero-order chi connectivity index (χ0) is 27.2. The molecule has 4 aromatic rings. The van der Waals surface area contributed by atoms with Gasteiger partial charge >= 0.3 is 6.09 Å². The van der Waals surface area contributed by atoms with E-state index < -0.39 is 5.60 Å². The fourth-order valence-corrected chi connectivity index (χ4v) is 4.75. The first kappa shape index (κ1) is 26.4. The molecule has 1 atom stereocenters. The Balaban J connectivity index is 1.29. The molecule has 0 spiro atoms. The molecular weight excluding hydrogens is 488 g/mol. The SMILES string of the molecule is CC(C)(C)OC(=O)N1CCN(c2ccc(OCc3ccccc3)cc2)[C@@H](COc2ccc3ccccc3c2)C1. The molecular formula is C33H36N2O4. The molecule has 0 aliphatic carbocycles. The van der Waals surface area contributed by atoms with Crippen molar-refractivity contribution < 1.29 is 19.0 Å². The Morgan fingerprint density at radius 1 is 0.795 bits per heavy atom. The van der Waals surface area contributed by atoms with E-state index in [1.54, 1.807) is 4.90 Å². The summed E-state index contributed by atoms with van der Waals surface area (Å²) in [5.74, 6) is 1.63. The van der Waals surface area contributed by atoms with Gasteiger partial charge in [-0.05, 0) is 73.5 Å². The molecule has 1 amide bonds. The van der Waals surface area contributed by atoms with Crippen LogP contribution >= 0.6 is 0 Å². The molecule has 6 heteroatoms. The number of amides is 1. The van der Waals surface area contributed by atoms with Gasteiger partial charge < -0.3 is 24.0 Å². The molecule has 202 valence electrons. The average Bonchev–Trinajstić information content (AvgIpc) is 2.95. The second-order valence-electron chi connectivity index (χ2n) is 10.9. The van der Waals surface area contributed by atoms with E-state index in [1.165, 1.54) is 5.39 Å². The fraction of sp³-hybridized carbons (Fsp3) is 0.303. The molecule has 0 radical (unpaired) electrons. The monoisotopic (exact) mass is 524 g/mol.